The molecule has 2 rings (SSSR count). The quantitative estimate of drug-likeness (QED) is 0.785. The molecular formula is C12H14N2O3. The minimum Gasteiger partial charge on any atom is -0.478 e. The zero-order chi connectivity index (χ0) is 12.6. The molecule has 0 fully saturated rings. The van der Waals surface area contributed by atoms with Crippen molar-refractivity contribution in [2.45, 2.75) is 19.4 Å². The van der Waals surface area contributed by atoms with Crippen LogP contribution in [0, 0.1) is 0 Å². The van der Waals surface area contributed by atoms with E-state index in [1.807, 2.05) is 0 Å². The van der Waals surface area contributed by atoms with Crippen LogP contribution in [-0.2, 0) is 11.2 Å². The number of nitrogens with zero attached hydrogens (tertiary/aromatic N) is 1. The van der Waals surface area contributed by atoms with Crippen molar-refractivity contribution in [3.63, 3.8) is 0 Å². The van der Waals surface area contributed by atoms with Gasteiger partial charge in [-0.25, -0.2) is 4.79 Å². The normalized spacial score (nSPS) is 15.5. The van der Waals surface area contributed by atoms with Gasteiger partial charge in [-0.15, -0.1) is 0 Å². The fourth-order valence-corrected chi connectivity index (χ4v) is 1.99. The third-order valence-corrected chi connectivity index (χ3v) is 2.88. The van der Waals surface area contributed by atoms with E-state index in [1.165, 1.54) is 6.07 Å². The number of anilines is 1. The van der Waals surface area contributed by atoms with Gasteiger partial charge in [0.1, 0.15) is 0 Å². The highest BCUT2D eigenvalue weighted by molar-refractivity contribution is 6.00. The van der Waals surface area contributed by atoms with Crippen LogP contribution >= 0.6 is 0 Å². The monoisotopic (exact) mass is 234 g/mol. The van der Waals surface area contributed by atoms with Gasteiger partial charge in [-0.3, -0.25) is 4.79 Å². The van der Waals surface area contributed by atoms with Gasteiger partial charge in [-0.1, -0.05) is 6.07 Å². The van der Waals surface area contributed by atoms with Gasteiger partial charge in [-0.2, -0.15) is 0 Å². The molecule has 0 radical (unpaired) electrons. The lowest BCUT2D eigenvalue weighted by Gasteiger charge is -2.19. The fraction of sp³-hybridized carbons (Fsp3) is 0.333. The Kier molecular flexibility index (Phi) is 2.85. The van der Waals surface area contributed by atoms with Crippen molar-refractivity contribution in [2.75, 3.05) is 11.4 Å². The molecule has 1 aliphatic rings. The van der Waals surface area contributed by atoms with Crippen LogP contribution in [0.3, 0.4) is 0 Å². The van der Waals surface area contributed by atoms with Crippen LogP contribution in [-0.4, -0.2) is 29.6 Å². The van der Waals surface area contributed by atoms with E-state index in [4.69, 9.17) is 10.8 Å². The van der Waals surface area contributed by atoms with Gasteiger partial charge in [-0.05, 0) is 31.0 Å². The smallest absolute Gasteiger partial charge is 0.335 e. The number of carbonyl (C=O) groups is 2. The van der Waals surface area contributed by atoms with Crippen molar-refractivity contribution in [1.29, 1.82) is 0 Å². The molecule has 1 aromatic carbocycles. The highest BCUT2D eigenvalue weighted by Gasteiger charge is 2.27. The molecule has 3 N–H and O–H groups in total. The molecular weight excluding hydrogens is 220 g/mol. The summed E-state index contributed by atoms with van der Waals surface area (Å²) in [5.74, 6) is -1.17. The zero-order valence-corrected chi connectivity index (χ0v) is 9.51. The number of hydrogen-bond acceptors (Lipinski definition) is 3. The second kappa shape index (κ2) is 4.18. The van der Waals surface area contributed by atoms with E-state index in [2.05, 4.69) is 0 Å². The molecule has 0 spiro atoms. The molecule has 1 amide bonds. The number of rotatable bonds is 2. The number of carboxylic acid groups (broad SMARTS) is 1. The van der Waals surface area contributed by atoms with Gasteiger partial charge in [0.25, 0.3) is 0 Å². The Morgan fingerprint density at radius 2 is 2.18 bits per heavy atom. The Hall–Kier alpha value is -1.88. The molecule has 17 heavy (non-hydrogen) atoms. The molecule has 90 valence electrons. The fourth-order valence-electron chi connectivity index (χ4n) is 1.99. The number of carboxylic acids is 1. The van der Waals surface area contributed by atoms with Crippen molar-refractivity contribution in [2.24, 2.45) is 5.73 Å². The third-order valence-electron chi connectivity index (χ3n) is 2.88. The van der Waals surface area contributed by atoms with Crippen molar-refractivity contribution in [3.8, 4) is 0 Å². The first-order valence-corrected chi connectivity index (χ1v) is 5.44. The molecule has 0 aromatic heterocycles. The summed E-state index contributed by atoms with van der Waals surface area (Å²) in [5.41, 5.74) is 7.41. The van der Waals surface area contributed by atoms with Crippen molar-refractivity contribution < 1.29 is 14.7 Å². The van der Waals surface area contributed by atoms with Crippen LogP contribution in [0.2, 0.25) is 0 Å². The number of aromatic carboxylic acids is 1. The molecule has 0 saturated carbocycles. The van der Waals surface area contributed by atoms with E-state index in [0.717, 1.165) is 12.0 Å². The summed E-state index contributed by atoms with van der Waals surface area (Å²) < 4.78 is 0. The summed E-state index contributed by atoms with van der Waals surface area (Å²) in [6.45, 7) is 2.19. The Balaban J connectivity index is 2.39. The maximum Gasteiger partial charge on any atom is 0.335 e. The van der Waals surface area contributed by atoms with Crippen LogP contribution < -0.4 is 10.6 Å². The van der Waals surface area contributed by atoms with E-state index < -0.39 is 12.0 Å². The predicted molar refractivity (Wildman–Crippen MR) is 63.1 cm³/mol. The van der Waals surface area contributed by atoms with Gasteiger partial charge in [0.15, 0.2) is 0 Å². The van der Waals surface area contributed by atoms with Crippen LogP contribution in [0.15, 0.2) is 18.2 Å². The number of amides is 1. The Labute approximate surface area is 98.8 Å². The van der Waals surface area contributed by atoms with Crippen LogP contribution in [0.25, 0.3) is 0 Å². The molecule has 0 unspecified atom stereocenters. The highest BCUT2D eigenvalue weighted by atomic mass is 16.4. The minimum absolute atomic E-state index is 0.175. The summed E-state index contributed by atoms with van der Waals surface area (Å²) in [7, 11) is 0. The second-order valence-electron chi connectivity index (χ2n) is 4.18. The van der Waals surface area contributed by atoms with Gasteiger partial charge in [0.05, 0.1) is 11.6 Å². The lowest BCUT2D eigenvalue weighted by Crippen LogP contribution is -2.41. The first kappa shape index (κ1) is 11.6. The standard InChI is InChI=1S/C12H14N2O3/c1-7(13)11(15)14-5-4-8-2-3-9(12(16)17)6-10(8)14/h2-3,6-7H,4-5,13H2,1H3,(H,16,17)/t7-/m1/s1. The summed E-state index contributed by atoms with van der Waals surface area (Å²) in [6, 6.07) is 4.27. The van der Waals surface area contributed by atoms with E-state index in [9.17, 15) is 9.59 Å². The lowest BCUT2D eigenvalue weighted by molar-refractivity contribution is -0.119. The van der Waals surface area contributed by atoms with Gasteiger partial charge < -0.3 is 15.7 Å². The maximum absolute atomic E-state index is 11.8. The molecule has 0 bridgehead atoms. The van der Waals surface area contributed by atoms with Crippen molar-refractivity contribution >= 4 is 17.6 Å². The van der Waals surface area contributed by atoms with Gasteiger partial charge in [0.2, 0.25) is 5.91 Å². The van der Waals surface area contributed by atoms with E-state index in [-0.39, 0.29) is 11.5 Å². The summed E-state index contributed by atoms with van der Waals surface area (Å²) in [6.07, 6.45) is 0.744. The Morgan fingerprint density at radius 3 is 2.76 bits per heavy atom. The topological polar surface area (TPSA) is 83.6 Å². The molecule has 0 aliphatic carbocycles. The lowest BCUT2D eigenvalue weighted by atomic mass is 10.1. The molecule has 1 heterocycles. The summed E-state index contributed by atoms with van der Waals surface area (Å²) in [4.78, 5) is 24.3. The Bertz CT molecular complexity index is 483. The number of carbonyl (C=O) groups excluding carboxylic acids is 1. The highest BCUT2D eigenvalue weighted by Crippen LogP contribution is 2.29. The number of benzene rings is 1. The summed E-state index contributed by atoms with van der Waals surface area (Å²) >= 11 is 0. The largest absolute Gasteiger partial charge is 0.478 e. The van der Waals surface area contributed by atoms with Gasteiger partial charge >= 0.3 is 5.97 Å². The SMILES string of the molecule is C[C@@H](N)C(=O)N1CCc2ccc(C(=O)O)cc21. The van der Waals surface area contributed by atoms with E-state index >= 15 is 0 Å². The van der Waals surface area contributed by atoms with Gasteiger partial charge in [0, 0.05) is 12.2 Å². The van der Waals surface area contributed by atoms with Crippen molar-refractivity contribution in [3.05, 3.63) is 29.3 Å². The molecule has 5 heteroatoms. The Morgan fingerprint density at radius 1 is 1.47 bits per heavy atom. The number of nitrogens with two attached hydrogens (primary N) is 1. The third kappa shape index (κ3) is 2.01. The average molecular weight is 234 g/mol. The molecule has 1 atom stereocenters. The number of fused-ring (bicyclic) bond motifs is 1. The van der Waals surface area contributed by atoms with Crippen LogP contribution in [0.5, 0.6) is 0 Å². The first-order valence-electron chi connectivity index (χ1n) is 5.44. The molecule has 5 nitrogen and oxygen atoms in total. The minimum atomic E-state index is -0.993. The van der Waals surface area contributed by atoms with Crippen LogP contribution in [0.1, 0.15) is 22.8 Å². The van der Waals surface area contributed by atoms with E-state index in [1.54, 1.807) is 24.0 Å². The summed E-state index contributed by atoms with van der Waals surface area (Å²) in [5, 5.41) is 8.92. The number of hydrogen-bond donors (Lipinski definition) is 2. The molecule has 1 aliphatic heterocycles. The first-order chi connectivity index (χ1) is 8.00. The average Bonchev–Trinajstić information content (AvgIpc) is 2.70. The van der Waals surface area contributed by atoms with Crippen molar-refractivity contribution in [1.82, 2.24) is 0 Å². The zero-order valence-electron chi connectivity index (χ0n) is 9.51. The molecule has 0 saturated heterocycles. The maximum atomic E-state index is 11.8. The second-order valence-corrected chi connectivity index (χ2v) is 4.18. The van der Waals surface area contributed by atoms with Crippen LogP contribution in [0.4, 0.5) is 5.69 Å². The van der Waals surface area contributed by atoms with E-state index in [0.29, 0.717) is 12.2 Å². The molecule has 1 aromatic rings. The predicted octanol–water partition coefficient (Wildman–Crippen LogP) is 0.621.